The third-order valence-corrected chi connectivity index (χ3v) is 7.55. The highest BCUT2D eigenvalue weighted by Gasteiger charge is 2.44. The average Bonchev–Trinajstić information content (AvgIpc) is 3.33. The Morgan fingerprint density at radius 3 is 2.58 bits per heavy atom. The van der Waals surface area contributed by atoms with Crippen LogP contribution >= 0.6 is 11.6 Å². The number of fused-ring (bicyclic) bond motifs is 2. The predicted molar refractivity (Wildman–Crippen MR) is 120 cm³/mol. The molecule has 0 saturated heterocycles. The van der Waals surface area contributed by atoms with Gasteiger partial charge in [0, 0.05) is 23.7 Å². The SMILES string of the molecule is CC(C(=O)Nc1ccc(Cl)cn1)[C@H]1C[C@H]2C[C@@H](c3ccnc4ccc(F)cc34)C[C@H]2C1. The van der Waals surface area contributed by atoms with Crippen LogP contribution in [-0.2, 0) is 4.79 Å². The number of hydrogen-bond acceptors (Lipinski definition) is 3. The normalized spacial score (nSPS) is 26.0. The summed E-state index contributed by atoms with van der Waals surface area (Å²) in [6.45, 7) is 2.02. The number of carbonyl (C=O) groups excluding carboxylic acids is 1. The zero-order chi connectivity index (χ0) is 21.5. The lowest BCUT2D eigenvalue weighted by Gasteiger charge is -2.21. The number of anilines is 1. The maximum absolute atomic E-state index is 13.8. The lowest BCUT2D eigenvalue weighted by atomic mass is 9.86. The van der Waals surface area contributed by atoms with Crippen LogP contribution in [0.2, 0.25) is 5.02 Å². The summed E-state index contributed by atoms with van der Waals surface area (Å²) in [5.41, 5.74) is 2.07. The van der Waals surface area contributed by atoms with Gasteiger partial charge in [0.15, 0.2) is 0 Å². The minimum atomic E-state index is -0.213. The molecule has 0 radical (unpaired) electrons. The Hall–Kier alpha value is -2.53. The van der Waals surface area contributed by atoms with E-state index in [0.717, 1.165) is 36.6 Å². The molecule has 0 aliphatic heterocycles. The minimum Gasteiger partial charge on any atom is -0.310 e. The number of nitrogens with one attached hydrogen (secondary N) is 1. The monoisotopic (exact) mass is 437 g/mol. The summed E-state index contributed by atoms with van der Waals surface area (Å²) in [5, 5.41) is 4.41. The number of amides is 1. The van der Waals surface area contributed by atoms with E-state index in [4.69, 9.17) is 11.6 Å². The van der Waals surface area contributed by atoms with Crippen LogP contribution in [0.4, 0.5) is 10.2 Å². The van der Waals surface area contributed by atoms with Gasteiger partial charge in [-0.2, -0.15) is 0 Å². The molecule has 31 heavy (non-hydrogen) atoms. The van der Waals surface area contributed by atoms with Crippen molar-refractivity contribution in [2.45, 2.75) is 38.5 Å². The minimum absolute atomic E-state index is 0.0203. The second-order valence-electron chi connectivity index (χ2n) is 9.12. The lowest BCUT2D eigenvalue weighted by molar-refractivity contribution is -0.120. The number of rotatable bonds is 4. The molecular formula is C25H25ClFN3O. The molecule has 2 saturated carbocycles. The number of aromatic nitrogens is 2. The summed E-state index contributed by atoms with van der Waals surface area (Å²) < 4.78 is 13.8. The molecule has 5 atom stereocenters. The molecule has 0 spiro atoms. The molecule has 1 amide bonds. The molecule has 2 aliphatic rings. The standard InChI is InChI=1S/C25H25ClFN3O/c1-14(25(31)30-24-5-2-19(26)13-29-24)15-8-16-10-18(11-17(16)9-15)21-6-7-28-23-4-3-20(27)12-22(21)23/h2-7,12-18H,8-11H2,1H3,(H,29,30,31)/t14?,15-,16-,17+,18+. The first-order valence-electron chi connectivity index (χ1n) is 10.9. The fourth-order valence-electron chi connectivity index (χ4n) is 5.73. The first kappa shape index (κ1) is 20.4. The average molecular weight is 438 g/mol. The van der Waals surface area contributed by atoms with Crippen LogP contribution in [0.25, 0.3) is 10.9 Å². The fraction of sp³-hybridized carbons (Fsp3) is 0.400. The van der Waals surface area contributed by atoms with Crippen LogP contribution < -0.4 is 5.32 Å². The van der Waals surface area contributed by atoms with Gasteiger partial charge in [-0.25, -0.2) is 9.37 Å². The zero-order valence-electron chi connectivity index (χ0n) is 17.4. The molecule has 6 heteroatoms. The first-order chi connectivity index (χ1) is 15.0. The van der Waals surface area contributed by atoms with E-state index >= 15 is 0 Å². The number of benzene rings is 1. The summed E-state index contributed by atoms with van der Waals surface area (Å²) in [6.07, 6.45) is 7.72. The molecule has 2 fully saturated rings. The highest BCUT2D eigenvalue weighted by atomic mass is 35.5. The van der Waals surface area contributed by atoms with E-state index in [-0.39, 0.29) is 17.6 Å². The van der Waals surface area contributed by atoms with Gasteiger partial charge >= 0.3 is 0 Å². The maximum Gasteiger partial charge on any atom is 0.228 e. The van der Waals surface area contributed by atoms with Gasteiger partial charge in [0.25, 0.3) is 0 Å². The van der Waals surface area contributed by atoms with E-state index in [0.29, 0.717) is 34.5 Å². The van der Waals surface area contributed by atoms with Crippen molar-refractivity contribution in [3.63, 3.8) is 0 Å². The topological polar surface area (TPSA) is 54.9 Å². The summed E-state index contributed by atoms with van der Waals surface area (Å²) in [5.74, 6) is 2.35. The Morgan fingerprint density at radius 1 is 1.10 bits per heavy atom. The third kappa shape index (κ3) is 4.03. The van der Waals surface area contributed by atoms with Gasteiger partial charge in [0.2, 0.25) is 5.91 Å². The number of nitrogens with zero attached hydrogens (tertiary/aromatic N) is 2. The van der Waals surface area contributed by atoms with Crippen molar-refractivity contribution in [2.24, 2.45) is 23.7 Å². The van der Waals surface area contributed by atoms with Crippen LogP contribution in [0.5, 0.6) is 0 Å². The number of carbonyl (C=O) groups is 1. The van der Waals surface area contributed by atoms with Crippen molar-refractivity contribution in [2.75, 3.05) is 5.32 Å². The van der Waals surface area contributed by atoms with Crippen LogP contribution in [0, 0.1) is 29.5 Å². The molecule has 0 bridgehead atoms. The Balaban J connectivity index is 1.24. The van der Waals surface area contributed by atoms with Crippen molar-refractivity contribution in [1.82, 2.24) is 9.97 Å². The van der Waals surface area contributed by atoms with Crippen molar-refractivity contribution in [3.8, 4) is 0 Å². The third-order valence-electron chi connectivity index (χ3n) is 7.33. The molecule has 3 aromatic rings. The summed E-state index contributed by atoms with van der Waals surface area (Å²) >= 11 is 5.87. The lowest BCUT2D eigenvalue weighted by Crippen LogP contribution is -2.26. The van der Waals surface area contributed by atoms with E-state index in [1.807, 2.05) is 13.1 Å². The summed E-state index contributed by atoms with van der Waals surface area (Å²) in [4.78, 5) is 21.3. The first-order valence-corrected chi connectivity index (χ1v) is 11.3. The van der Waals surface area contributed by atoms with E-state index in [1.165, 1.54) is 17.8 Å². The van der Waals surface area contributed by atoms with E-state index in [2.05, 4.69) is 21.4 Å². The van der Waals surface area contributed by atoms with Crippen LogP contribution in [0.1, 0.15) is 44.1 Å². The van der Waals surface area contributed by atoms with Crippen molar-refractivity contribution in [1.29, 1.82) is 0 Å². The molecule has 2 aliphatic carbocycles. The van der Waals surface area contributed by atoms with E-state index in [1.54, 1.807) is 24.3 Å². The van der Waals surface area contributed by atoms with Gasteiger partial charge in [-0.1, -0.05) is 18.5 Å². The fourth-order valence-corrected chi connectivity index (χ4v) is 5.84. The zero-order valence-corrected chi connectivity index (χ0v) is 18.1. The predicted octanol–water partition coefficient (Wildman–Crippen LogP) is 6.22. The molecule has 160 valence electrons. The van der Waals surface area contributed by atoms with E-state index < -0.39 is 0 Å². The van der Waals surface area contributed by atoms with Crippen molar-refractivity contribution >= 4 is 34.2 Å². The summed E-state index contributed by atoms with van der Waals surface area (Å²) in [6, 6.07) is 10.4. The molecule has 1 N–H and O–H groups in total. The van der Waals surface area contributed by atoms with Gasteiger partial charge in [0.1, 0.15) is 11.6 Å². The van der Waals surface area contributed by atoms with Crippen molar-refractivity contribution in [3.05, 3.63) is 65.2 Å². The Kier molecular flexibility index (Phi) is 5.39. The van der Waals surface area contributed by atoms with Crippen LogP contribution in [-0.4, -0.2) is 15.9 Å². The van der Waals surface area contributed by atoms with Crippen LogP contribution in [0.15, 0.2) is 48.8 Å². The maximum atomic E-state index is 13.8. The Labute approximate surface area is 186 Å². The van der Waals surface area contributed by atoms with Gasteiger partial charge in [0.05, 0.1) is 10.5 Å². The van der Waals surface area contributed by atoms with Crippen LogP contribution in [0.3, 0.4) is 0 Å². The highest BCUT2D eigenvalue weighted by molar-refractivity contribution is 6.30. The van der Waals surface area contributed by atoms with Gasteiger partial charge in [-0.15, -0.1) is 0 Å². The number of hydrogen-bond donors (Lipinski definition) is 1. The Bertz CT molecular complexity index is 1110. The summed E-state index contributed by atoms with van der Waals surface area (Å²) in [7, 11) is 0. The second-order valence-corrected chi connectivity index (χ2v) is 9.56. The molecule has 1 aromatic carbocycles. The quantitative estimate of drug-likeness (QED) is 0.527. The highest BCUT2D eigenvalue weighted by Crippen LogP contribution is 2.54. The molecule has 5 rings (SSSR count). The van der Waals surface area contributed by atoms with E-state index in [9.17, 15) is 9.18 Å². The van der Waals surface area contributed by atoms with Crippen molar-refractivity contribution < 1.29 is 9.18 Å². The van der Waals surface area contributed by atoms with Gasteiger partial charge in [-0.3, -0.25) is 9.78 Å². The second kappa shape index (κ2) is 8.19. The van der Waals surface area contributed by atoms with Gasteiger partial charge in [-0.05, 0) is 91.3 Å². The largest absolute Gasteiger partial charge is 0.310 e. The molecule has 4 nitrogen and oxygen atoms in total. The molecular weight excluding hydrogens is 413 g/mol. The molecule has 2 aromatic heterocycles. The Morgan fingerprint density at radius 2 is 1.87 bits per heavy atom. The molecule has 2 heterocycles. The number of halogens is 2. The molecule has 1 unspecified atom stereocenters. The van der Waals surface area contributed by atoms with Gasteiger partial charge < -0.3 is 5.32 Å². The number of pyridine rings is 2. The smallest absolute Gasteiger partial charge is 0.228 e.